The monoisotopic (exact) mass is 250 g/mol. The molecule has 2 nitrogen and oxygen atoms in total. The lowest BCUT2D eigenvalue weighted by molar-refractivity contribution is 1.04. The second-order valence-electron chi connectivity index (χ2n) is 3.18. The third-order valence-corrected chi connectivity index (χ3v) is 2.66. The summed E-state index contributed by atoms with van der Waals surface area (Å²) in [6.45, 7) is 2.12. The van der Waals surface area contributed by atoms with Gasteiger partial charge in [0.05, 0.1) is 6.33 Å². The van der Waals surface area contributed by atoms with Crippen molar-refractivity contribution < 1.29 is 0 Å². The standard InChI is InChI=1S/C11H11BrN2/c1-9(12)10-3-2-4-11(7-10)14-6-5-13-8-14/h2-9H,1H3. The fourth-order valence-corrected chi connectivity index (χ4v) is 1.63. The Morgan fingerprint density at radius 1 is 1.43 bits per heavy atom. The van der Waals surface area contributed by atoms with Crippen LogP contribution in [0.4, 0.5) is 0 Å². The molecule has 0 aliphatic carbocycles. The molecule has 2 aromatic rings. The molecule has 72 valence electrons. The highest BCUT2D eigenvalue weighted by Crippen LogP contribution is 2.23. The van der Waals surface area contributed by atoms with Crippen LogP contribution < -0.4 is 0 Å². The largest absolute Gasteiger partial charge is 0.306 e. The van der Waals surface area contributed by atoms with E-state index in [1.54, 1.807) is 12.5 Å². The number of aromatic nitrogens is 2. The first-order valence-corrected chi connectivity index (χ1v) is 5.41. The Bertz CT molecular complexity index is 407. The van der Waals surface area contributed by atoms with E-state index < -0.39 is 0 Å². The van der Waals surface area contributed by atoms with Gasteiger partial charge in [-0.25, -0.2) is 4.98 Å². The first-order chi connectivity index (χ1) is 6.77. The van der Waals surface area contributed by atoms with E-state index in [0.717, 1.165) is 5.69 Å². The van der Waals surface area contributed by atoms with Gasteiger partial charge in [-0.1, -0.05) is 28.1 Å². The summed E-state index contributed by atoms with van der Waals surface area (Å²) in [5.41, 5.74) is 2.42. The van der Waals surface area contributed by atoms with Crippen molar-refractivity contribution in [2.45, 2.75) is 11.8 Å². The predicted octanol–water partition coefficient (Wildman–Crippen LogP) is 3.33. The van der Waals surface area contributed by atoms with Crippen LogP contribution in [0.2, 0.25) is 0 Å². The summed E-state index contributed by atoms with van der Waals surface area (Å²) in [6.07, 6.45) is 5.53. The van der Waals surface area contributed by atoms with E-state index >= 15 is 0 Å². The summed E-state index contributed by atoms with van der Waals surface area (Å²) >= 11 is 3.56. The quantitative estimate of drug-likeness (QED) is 0.748. The molecule has 0 fully saturated rings. The lowest BCUT2D eigenvalue weighted by Gasteiger charge is -2.07. The summed E-state index contributed by atoms with van der Waals surface area (Å²) in [4.78, 5) is 4.40. The minimum Gasteiger partial charge on any atom is -0.306 e. The van der Waals surface area contributed by atoms with Crippen LogP contribution in [-0.2, 0) is 0 Å². The van der Waals surface area contributed by atoms with E-state index in [1.807, 2.05) is 10.8 Å². The van der Waals surface area contributed by atoms with Crippen LogP contribution in [0.5, 0.6) is 0 Å². The van der Waals surface area contributed by atoms with Crippen LogP contribution in [-0.4, -0.2) is 9.55 Å². The van der Waals surface area contributed by atoms with Gasteiger partial charge in [0.25, 0.3) is 0 Å². The zero-order valence-electron chi connectivity index (χ0n) is 7.89. The number of hydrogen-bond acceptors (Lipinski definition) is 1. The second-order valence-corrected chi connectivity index (χ2v) is 4.55. The van der Waals surface area contributed by atoms with Crippen LogP contribution in [0.25, 0.3) is 5.69 Å². The number of rotatable bonds is 2. The molecule has 0 spiro atoms. The molecule has 0 amide bonds. The summed E-state index contributed by atoms with van der Waals surface area (Å²) in [5.74, 6) is 0. The molecule has 1 aromatic carbocycles. The molecule has 0 radical (unpaired) electrons. The molecule has 1 unspecified atom stereocenters. The Morgan fingerprint density at radius 3 is 2.93 bits per heavy atom. The Labute approximate surface area is 91.7 Å². The zero-order valence-corrected chi connectivity index (χ0v) is 9.48. The van der Waals surface area contributed by atoms with Crippen molar-refractivity contribution in [3.05, 3.63) is 48.5 Å². The molecule has 3 heteroatoms. The smallest absolute Gasteiger partial charge is 0.0991 e. The minimum atomic E-state index is 0.381. The molecule has 1 heterocycles. The van der Waals surface area contributed by atoms with Gasteiger partial charge < -0.3 is 4.57 Å². The van der Waals surface area contributed by atoms with Crippen LogP contribution in [0.15, 0.2) is 43.0 Å². The van der Waals surface area contributed by atoms with E-state index in [4.69, 9.17) is 0 Å². The highest BCUT2D eigenvalue weighted by Gasteiger charge is 2.01. The summed E-state index contributed by atoms with van der Waals surface area (Å²) < 4.78 is 2.00. The minimum absolute atomic E-state index is 0.381. The zero-order chi connectivity index (χ0) is 9.97. The van der Waals surface area contributed by atoms with Crippen LogP contribution in [0.1, 0.15) is 17.3 Å². The molecule has 0 N–H and O–H groups in total. The first kappa shape index (κ1) is 9.46. The number of halogens is 1. The molecule has 0 bridgehead atoms. The number of imidazole rings is 1. The van der Waals surface area contributed by atoms with Gasteiger partial charge in [-0.15, -0.1) is 0 Å². The maximum absolute atomic E-state index is 4.02. The predicted molar refractivity (Wildman–Crippen MR) is 60.9 cm³/mol. The third-order valence-electron chi connectivity index (χ3n) is 2.13. The van der Waals surface area contributed by atoms with Gasteiger partial charge in [0.1, 0.15) is 0 Å². The maximum atomic E-state index is 4.02. The van der Waals surface area contributed by atoms with Gasteiger partial charge in [0.2, 0.25) is 0 Å². The van der Waals surface area contributed by atoms with E-state index in [2.05, 4.69) is 52.1 Å². The van der Waals surface area contributed by atoms with E-state index in [9.17, 15) is 0 Å². The average Bonchev–Trinajstić information content (AvgIpc) is 2.71. The van der Waals surface area contributed by atoms with Crippen molar-refractivity contribution in [3.8, 4) is 5.69 Å². The second kappa shape index (κ2) is 3.96. The van der Waals surface area contributed by atoms with Crippen molar-refractivity contribution in [1.82, 2.24) is 9.55 Å². The molecular formula is C11H11BrN2. The molecule has 0 saturated heterocycles. The lowest BCUT2D eigenvalue weighted by Crippen LogP contribution is -1.92. The molecule has 0 aliphatic heterocycles. The first-order valence-electron chi connectivity index (χ1n) is 4.50. The molecular weight excluding hydrogens is 240 g/mol. The normalized spacial score (nSPS) is 12.7. The maximum Gasteiger partial charge on any atom is 0.0991 e. The molecule has 1 atom stereocenters. The Hall–Kier alpha value is -1.09. The third kappa shape index (κ3) is 1.87. The summed E-state index contributed by atoms with van der Waals surface area (Å²) in [5, 5.41) is 0. The number of hydrogen-bond donors (Lipinski definition) is 0. The van der Waals surface area contributed by atoms with Crippen molar-refractivity contribution in [3.63, 3.8) is 0 Å². The summed E-state index contributed by atoms with van der Waals surface area (Å²) in [6, 6.07) is 8.39. The van der Waals surface area contributed by atoms with E-state index in [0.29, 0.717) is 4.83 Å². The van der Waals surface area contributed by atoms with Crippen LogP contribution in [0.3, 0.4) is 0 Å². The molecule has 2 rings (SSSR count). The fraction of sp³-hybridized carbons (Fsp3) is 0.182. The van der Waals surface area contributed by atoms with Crippen molar-refractivity contribution >= 4 is 15.9 Å². The SMILES string of the molecule is CC(Br)c1cccc(-n2ccnc2)c1. The van der Waals surface area contributed by atoms with Gasteiger partial charge in [-0.2, -0.15) is 0 Å². The van der Waals surface area contributed by atoms with Gasteiger partial charge in [0.15, 0.2) is 0 Å². The van der Waals surface area contributed by atoms with Crippen molar-refractivity contribution in [2.75, 3.05) is 0 Å². The highest BCUT2D eigenvalue weighted by atomic mass is 79.9. The average molecular weight is 251 g/mol. The molecule has 1 aromatic heterocycles. The van der Waals surface area contributed by atoms with E-state index in [1.165, 1.54) is 5.56 Å². The lowest BCUT2D eigenvalue weighted by atomic mass is 10.1. The molecule has 0 aliphatic rings. The highest BCUT2D eigenvalue weighted by molar-refractivity contribution is 9.09. The number of benzene rings is 1. The van der Waals surface area contributed by atoms with Gasteiger partial charge >= 0.3 is 0 Å². The number of alkyl halides is 1. The number of nitrogens with zero attached hydrogens (tertiary/aromatic N) is 2. The molecule has 14 heavy (non-hydrogen) atoms. The van der Waals surface area contributed by atoms with Crippen molar-refractivity contribution in [2.24, 2.45) is 0 Å². The van der Waals surface area contributed by atoms with Gasteiger partial charge in [-0.3, -0.25) is 0 Å². The van der Waals surface area contributed by atoms with Crippen LogP contribution >= 0.6 is 15.9 Å². The Balaban J connectivity index is 2.41. The summed E-state index contributed by atoms with van der Waals surface area (Å²) in [7, 11) is 0. The van der Waals surface area contributed by atoms with Gasteiger partial charge in [-0.05, 0) is 24.6 Å². The Kier molecular flexibility index (Phi) is 2.68. The van der Waals surface area contributed by atoms with E-state index in [-0.39, 0.29) is 0 Å². The van der Waals surface area contributed by atoms with Crippen molar-refractivity contribution in [1.29, 1.82) is 0 Å². The fourth-order valence-electron chi connectivity index (χ4n) is 1.34. The topological polar surface area (TPSA) is 17.8 Å². The Morgan fingerprint density at radius 2 is 2.29 bits per heavy atom. The molecule has 0 saturated carbocycles. The van der Waals surface area contributed by atoms with Crippen LogP contribution in [0, 0.1) is 0 Å². The van der Waals surface area contributed by atoms with Gasteiger partial charge in [0, 0.05) is 22.9 Å².